The lowest BCUT2D eigenvalue weighted by Crippen LogP contribution is -2.50. The van der Waals surface area contributed by atoms with Crippen LogP contribution in [0.25, 0.3) is 0 Å². The van der Waals surface area contributed by atoms with E-state index in [4.69, 9.17) is 9.47 Å². The summed E-state index contributed by atoms with van der Waals surface area (Å²) in [5, 5.41) is 5.55. The van der Waals surface area contributed by atoms with Gasteiger partial charge in [0.05, 0.1) is 32.0 Å². The van der Waals surface area contributed by atoms with Crippen LogP contribution in [-0.4, -0.2) is 64.4 Å². The van der Waals surface area contributed by atoms with Crippen LogP contribution in [-0.2, 0) is 14.3 Å². The van der Waals surface area contributed by atoms with Crippen molar-refractivity contribution in [1.82, 2.24) is 5.32 Å². The zero-order valence-corrected chi connectivity index (χ0v) is 17.0. The number of fused-ring (bicyclic) bond motifs is 1. The minimum atomic E-state index is -0.662. The molecular formula is C22H26N4O4. The first-order chi connectivity index (χ1) is 14.6. The Balaban J connectivity index is 1.41. The van der Waals surface area contributed by atoms with Gasteiger partial charge >= 0.3 is 0 Å². The molecule has 1 atom stereocenters. The van der Waals surface area contributed by atoms with Gasteiger partial charge in [0.2, 0.25) is 5.91 Å². The molecule has 1 fully saturated rings. The Hall–Kier alpha value is -3.26. The van der Waals surface area contributed by atoms with Crippen molar-refractivity contribution in [2.45, 2.75) is 6.10 Å². The first kappa shape index (κ1) is 20.0. The second-order valence-corrected chi connectivity index (χ2v) is 7.26. The number of hydrogen-bond donors (Lipinski definition) is 2. The molecule has 158 valence electrons. The number of amides is 2. The van der Waals surface area contributed by atoms with Gasteiger partial charge in [-0.3, -0.25) is 9.59 Å². The SMILES string of the molecule is CNC(=O)C1CN(CC(=O)Nc2ccc(N3CCOCC3)cc2)c2ccccc2O1. The van der Waals surface area contributed by atoms with E-state index in [1.807, 2.05) is 47.4 Å². The third-order valence-corrected chi connectivity index (χ3v) is 5.26. The third-order valence-electron chi connectivity index (χ3n) is 5.26. The standard InChI is InChI=1S/C22H26N4O4/c1-23-22(28)20-14-26(18-4-2-3-5-19(18)30-20)15-21(27)24-16-6-8-17(9-7-16)25-10-12-29-13-11-25/h2-9,20H,10-15H2,1H3,(H,23,28)(H,24,27). The molecule has 2 aliphatic heterocycles. The molecule has 0 spiro atoms. The van der Waals surface area contributed by atoms with Crippen molar-refractivity contribution in [3.05, 3.63) is 48.5 Å². The van der Waals surface area contributed by atoms with Gasteiger partial charge in [-0.05, 0) is 36.4 Å². The van der Waals surface area contributed by atoms with Crippen LogP contribution in [0, 0.1) is 0 Å². The van der Waals surface area contributed by atoms with Crippen LogP contribution in [0.1, 0.15) is 0 Å². The number of ether oxygens (including phenoxy) is 2. The number of carbonyl (C=O) groups is 2. The van der Waals surface area contributed by atoms with Crippen LogP contribution in [0.2, 0.25) is 0 Å². The molecule has 4 rings (SSSR count). The molecule has 2 aromatic rings. The lowest BCUT2D eigenvalue weighted by molar-refractivity contribution is -0.127. The Morgan fingerprint density at radius 2 is 1.80 bits per heavy atom. The molecule has 0 aliphatic carbocycles. The molecule has 0 bridgehead atoms. The summed E-state index contributed by atoms with van der Waals surface area (Å²) < 4.78 is 11.2. The number of carbonyl (C=O) groups excluding carboxylic acids is 2. The summed E-state index contributed by atoms with van der Waals surface area (Å²) in [7, 11) is 1.57. The predicted molar refractivity (Wildman–Crippen MR) is 115 cm³/mol. The third kappa shape index (κ3) is 4.49. The summed E-state index contributed by atoms with van der Waals surface area (Å²) in [5.74, 6) is 0.232. The molecule has 0 radical (unpaired) electrons. The largest absolute Gasteiger partial charge is 0.477 e. The van der Waals surface area contributed by atoms with Crippen LogP contribution in [0.15, 0.2) is 48.5 Å². The van der Waals surface area contributed by atoms with E-state index in [9.17, 15) is 9.59 Å². The van der Waals surface area contributed by atoms with Gasteiger partial charge in [0.25, 0.3) is 5.91 Å². The molecule has 8 heteroatoms. The summed E-state index contributed by atoms with van der Waals surface area (Å²) in [6.45, 7) is 3.63. The minimum absolute atomic E-state index is 0.124. The summed E-state index contributed by atoms with van der Waals surface area (Å²) in [6.07, 6.45) is -0.662. The molecule has 2 aromatic carbocycles. The van der Waals surface area contributed by atoms with Crippen molar-refractivity contribution in [1.29, 1.82) is 0 Å². The summed E-state index contributed by atoms with van der Waals surface area (Å²) in [6, 6.07) is 15.3. The van der Waals surface area contributed by atoms with Gasteiger partial charge in [0, 0.05) is 31.5 Å². The highest BCUT2D eigenvalue weighted by molar-refractivity contribution is 5.95. The zero-order chi connectivity index (χ0) is 20.9. The number of rotatable bonds is 5. The number of para-hydroxylation sites is 2. The molecule has 30 heavy (non-hydrogen) atoms. The molecule has 0 saturated carbocycles. The van der Waals surface area contributed by atoms with Gasteiger partial charge in [-0.2, -0.15) is 0 Å². The highest BCUT2D eigenvalue weighted by Gasteiger charge is 2.31. The summed E-state index contributed by atoms with van der Waals surface area (Å²) >= 11 is 0. The molecular weight excluding hydrogens is 384 g/mol. The lowest BCUT2D eigenvalue weighted by atomic mass is 10.1. The molecule has 2 heterocycles. The molecule has 2 aliphatic rings. The Morgan fingerprint density at radius 3 is 2.53 bits per heavy atom. The van der Waals surface area contributed by atoms with E-state index < -0.39 is 6.10 Å². The Kier molecular flexibility index (Phi) is 6.04. The van der Waals surface area contributed by atoms with E-state index >= 15 is 0 Å². The second-order valence-electron chi connectivity index (χ2n) is 7.26. The highest BCUT2D eigenvalue weighted by atomic mass is 16.5. The van der Waals surface area contributed by atoms with E-state index in [0.717, 1.165) is 43.4 Å². The van der Waals surface area contributed by atoms with Crippen LogP contribution in [0.3, 0.4) is 0 Å². The van der Waals surface area contributed by atoms with Crippen molar-refractivity contribution in [3.63, 3.8) is 0 Å². The smallest absolute Gasteiger partial charge is 0.262 e. The quantitative estimate of drug-likeness (QED) is 0.777. The molecule has 2 N–H and O–H groups in total. The normalized spacial score (nSPS) is 18.2. The van der Waals surface area contributed by atoms with Gasteiger partial charge < -0.3 is 29.9 Å². The molecule has 2 amide bonds. The zero-order valence-electron chi connectivity index (χ0n) is 17.0. The summed E-state index contributed by atoms with van der Waals surface area (Å²) in [5.41, 5.74) is 2.66. The fraction of sp³-hybridized carbons (Fsp3) is 0.364. The molecule has 8 nitrogen and oxygen atoms in total. The van der Waals surface area contributed by atoms with Crippen LogP contribution in [0.5, 0.6) is 5.75 Å². The van der Waals surface area contributed by atoms with E-state index in [0.29, 0.717) is 12.3 Å². The average molecular weight is 410 g/mol. The minimum Gasteiger partial charge on any atom is -0.477 e. The van der Waals surface area contributed by atoms with Crippen molar-refractivity contribution < 1.29 is 19.1 Å². The van der Waals surface area contributed by atoms with Crippen LogP contribution >= 0.6 is 0 Å². The first-order valence-corrected chi connectivity index (χ1v) is 10.1. The van der Waals surface area contributed by atoms with E-state index in [-0.39, 0.29) is 18.4 Å². The lowest BCUT2D eigenvalue weighted by Gasteiger charge is -2.35. The van der Waals surface area contributed by atoms with E-state index in [1.54, 1.807) is 13.1 Å². The van der Waals surface area contributed by atoms with Crippen molar-refractivity contribution in [2.75, 3.05) is 61.6 Å². The van der Waals surface area contributed by atoms with Gasteiger partial charge in [-0.25, -0.2) is 0 Å². The second kappa shape index (κ2) is 9.04. The van der Waals surface area contributed by atoms with Gasteiger partial charge in [0.1, 0.15) is 5.75 Å². The Morgan fingerprint density at radius 1 is 1.07 bits per heavy atom. The van der Waals surface area contributed by atoms with Crippen LogP contribution < -0.4 is 25.2 Å². The Labute approximate surface area is 175 Å². The predicted octanol–water partition coefficient (Wildman–Crippen LogP) is 1.48. The van der Waals surface area contributed by atoms with Gasteiger partial charge in [-0.15, -0.1) is 0 Å². The Bertz CT molecular complexity index is 896. The molecule has 1 unspecified atom stereocenters. The topological polar surface area (TPSA) is 83.1 Å². The fourth-order valence-electron chi connectivity index (χ4n) is 3.71. The van der Waals surface area contributed by atoms with Gasteiger partial charge in [-0.1, -0.05) is 12.1 Å². The number of benzene rings is 2. The number of likely N-dealkylation sites (N-methyl/N-ethyl adjacent to an activating group) is 1. The maximum atomic E-state index is 12.7. The first-order valence-electron chi connectivity index (χ1n) is 10.1. The number of anilines is 3. The summed E-state index contributed by atoms with van der Waals surface area (Å²) in [4.78, 5) is 28.9. The monoisotopic (exact) mass is 410 g/mol. The molecule has 1 saturated heterocycles. The number of nitrogens with one attached hydrogen (secondary N) is 2. The maximum Gasteiger partial charge on any atom is 0.262 e. The van der Waals surface area contributed by atoms with Crippen molar-refractivity contribution >= 4 is 28.9 Å². The van der Waals surface area contributed by atoms with E-state index in [1.165, 1.54) is 0 Å². The van der Waals surface area contributed by atoms with E-state index in [2.05, 4.69) is 15.5 Å². The van der Waals surface area contributed by atoms with Crippen molar-refractivity contribution in [3.8, 4) is 5.75 Å². The highest BCUT2D eigenvalue weighted by Crippen LogP contribution is 2.33. The fourth-order valence-corrected chi connectivity index (χ4v) is 3.71. The molecule has 0 aromatic heterocycles. The van der Waals surface area contributed by atoms with Crippen molar-refractivity contribution in [2.24, 2.45) is 0 Å². The van der Waals surface area contributed by atoms with Gasteiger partial charge in [0.15, 0.2) is 6.10 Å². The number of hydrogen-bond acceptors (Lipinski definition) is 6. The number of morpholine rings is 1. The van der Waals surface area contributed by atoms with Crippen LogP contribution in [0.4, 0.5) is 17.1 Å². The number of nitrogens with zero attached hydrogens (tertiary/aromatic N) is 2. The average Bonchev–Trinajstić information content (AvgIpc) is 2.79. The maximum absolute atomic E-state index is 12.7.